The smallest absolute Gasteiger partial charge is 0.0490 e. The van der Waals surface area contributed by atoms with Crippen LogP contribution >= 0.6 is 34.2 Å². The molecule has 1 aromatic rings. The van der Waals surface area contributed by atoms with Gasteiger partial charge in [-0.2, -0.15) is 0 Å². The van der Waals surface area contributed by atoms with E-state index < -0.39 is 0 Å². The van der Waals surface area contributed by atoms with Crippen LogP contribution in [0.3, 0.4) is 0 Å². The van der Waals surface area contributed by atoms with Crippen LogP contribution < -0.4 is 5.32 Å². The highest BCUT2D eigenvalue weighted by atomic mass is 127. The van der Waals surface area contributed by atoms with Gasteiger partial charge in [-0.1, -0.05) is 11.6 Å². The predicted octanol–water partition coefficient (Wildman–Crippen LogP) is 3.77. The molecule has 1 aromatic carbocycles. The fourth-order valence-corrected chi connectivity index (χ4v) is 1.91. The minimum Gasteiger partial charge on any atom is -0.384 e. The van der Waals surface area contributed by atoms with E-state index in [1.54, 1.807) is 0 Å². The van der Waals surface area contributed by atoms with Crippen LogP contribution in [0, 0.1) is 9.49 Å². The summed E-state index contributed by atoms with van der Waals surface area (Å²) >= 11 is 8.23. The number of anilines is 1. The number of halogens is 2. The fourth-order valence-electron chi connectivity index (χ4n) is 1.21. The maximum Gasteiger partial charge on any atom is 0.0490 e. The number of hydrogen-bond acceptors (Lipinski definition) is 1. The van der Waals surface area contributed by atoms with Crippen LogP contribution in [0.1, 0.15) is 12.8 Å². The minimum absolute atomic E-state index is 0.804. The zero-order valence-corrected chi connectivity index (χ0v) is 10.1. The Morgan fingerprint density at radius 1 is 1.46 bits per heavy atom. The number of nitrogens with one attached hydrogen (secondary N) is 1. The molecule has 0 saturated heterocycles. The summed E-state index contributed by atoms with van der Waals surface area (Å²) in [6.45, 7) is 1.09. The number of benzene rings is 1. The van der Waals surface area contributed by atoms with E-state index in [1.807, 2.05) is 18.2 Å². The van der Waals surface area contributed by atoms with Crippen molar-refractivity contribution in [1.29, 1.82) is 0 Å². The summed E-state index contributed by atoms with van der Waals surface area (Å²) in [7, 11) is 0. The summed E-state index contributed by atoms with van der Waals surface area (Å²) in [4.78, 5) is 0. The van der Waals surface area contributed by atoms with Gasteiger partial charge in [0.2, 0.25) is 0 Å². The molecular formula is C10H11ClIN. The maximum absolute atomic E-state index is 5.90. The molecule has 2 rings (SSSR count). The Kier molecular flexibility index (Phi) is 2.99. The highest BCUT2D eigenvalue weighted by Gasteiger charge is 2.20. The van der Waals surface area contributed by atoms with Gasteiger partial charge in [0.05, 0.1) is 0 Å². The molecule has 0 heterocycles. The third-order valence-electron chi connectivity index (χ3n) is 2.21. The van der Waals surface area contributed by atoms with Crippen LogP contribution in [0.2, 0.25) is 5.02 Å². The largest absolute Gasteiger partial charge is 0.384 e. The fraction of sp³-hybridized carbons (Fsp3) is 0.400. The second kappa shape index (κ2) is 4.05. The normalized spacial score (nSPS) is 15.8. The van der Waals surface area contributed by atoms with E-state index in [1.165, 1.54) is 22.1 Å². The van der Waals surface area contributed by atoms with Gasteiger partial charge in [-0.3, -0.25) is 0 Å². The molecule has 3 heteroatoms. The third kappa shape index (κ3) is 2.74. The monoisotopic (exact) mass is 307 g/mol. The van der Waals surface area contributed by atoms with Crippen LogP contribution in [0.4, 0.5) is 5.69 Å². The van der Waals surface area contributed by atoms with Crippen LogP contribution in [0.15, 0.2) is 18.2 Å². The van der Waals surface area contributed by atoms with E-state index >= 15 is 0 Å². The molecule has 0 unspecified atom stereocenters. The summed E-state index contributed by atoms with van der Waals surface area (Å²) in [6, 6.07) is 5.95. The van der Waals surface area contributed by atoms with Crippen molar-refractivity contribution >= 4 is 39.9 Å². The lowest BCUT2D eigenvalue weighted by atomic mass is 10.3. The molecular weight excluding hydrogens is 296 g/mol. The first-order chi connectivity index (χ1) is 6.25. The van der Waals surface area contributed by atoms with Gasteiger partial charge < -0.3 is 5.32 Å². The minimum atomic E-state index is 0.804. The van der Waals surface area contributed by atoms with Crippen molar-refractivity contribution in [2.24, 2.45) is 5.92 Å². The summed E-state index contributed by atoms with van der Waals surface area (Å²) < 4.78 is 1.24. The molecule has 1 fully saturated rings. The van der Waals surface area contributed by atoms with E-state index in [0.29, 0.717) is 0 Å². The summed E-state index contributed by atoms with van der Waals surface area (Å²) in [5.74, 6) is 0.898. The van der Waals surface area contributed by atoms with Crippen LogP contribution in [0.5, 0.6) is 0 Å². The van der Waals surface area contributed by atoms with E-state index in [4.69, 9.17) is 11.6 Å². The quantitative estimate of drug-likeness (QED) is 0.838. The van der Waals surface area contributed by atoms with Crippen LogP contribution in [-0.4, -0.2) is 6.54 Å². The Labute approximate surface area is 97.0 Å². The first kappa shape index (κ1) is 9.59. The SMILES string of the molecule is Clc1ccc(I)c(NCC2CC2)c1. The average molecular weight is 308 g/mol. The molecule has 1 aliphatic rings. The molecule has 13 heavy (non-hydrogen) atoms. The van der Waals surface area contributed by atoms with Crippen molar-refractivity contribution < 1.29 is 0 Å². The second-order valence-corrected chi connectivity index (χ2v) is 5.05. The maximum atomic E-state index is 5.90. The van der Waals surface area contributed by atoms with Crippen molar-refractivity contribution in [3.8, 4) is 0 Å². The zero-order chi connectivity index (χ0) is 9.26. The van der Waals surface area contributed by atoms with Gasteiger partial charge in [0.1, 0.15) is 0 Å². The summed E-state index contributed by atoms with van der Waals surface area (Å²) in [5, 5.41) is 4.23. The molecule has 0 bridgehead atoms. The average Bonchev–Trinajstić information content (AvgIpc) is 2.90. The van der Waals surface area contributed by atoms with Crippen molar-refractivity contribution in [3.05, 3.63) is 26.8 Å². The van der Waals surface area contributed by atoms with Crippen molar-refractivity contribution in [3.63, 3.8) is 0 Å². The van der Waals surface area contributed by atoms with Crippen molar-refractivity contribution in [1.82, 2.24) is 0 Å². The molecule has 0 atom stereocenters. The van der Waals surface area contributed by atoms with Crippen molar-refractivity contribution in [2.75, 3.05) is 11.9 Å². The van der Waals surface area contributed by atoms with E-state index in [2.05, 4.69) is 27.9 Å². The molecule has 0 aromatic heterocycles. The topological polar surface area (TPSA) is 12.0 Å². The predicted molar refractivity (Wildman–Crippen MR) is 65.4 cm³/mol. The zero-order valence-electron chi connectivity index (χ0n) is 7.19. The molecule has 1 N–H and O–H groups in total. The molecule has 70 valence electrons. The molecule has 1 aliphatic carbocycles. The lowest BCUT2D eigenvalue weighted by molar-refractivity contribution is 0.888. The Balaban J connectivity index is 2.03. The Hall–Kier alpha value is 0.0400. The Morgan fingerprint density at radius 2 is 2.23 bits per heavy atom. The first-order valence-corrected chi connectivity index (χ1v) is 5.90. The highest BCUT2D eigenvalue weighted by molar-refractivity contribution is 14.1. The van der Waals surface area contributed by atoms with Gasteiger partial charge in [0, 0.05) is 20.8 Å². The molecule has 0 amide bonds. The summed E-state index contributed by atoms with van der Waals surface area (Å²) in [5.41, 5.74) is 1.17. The lowest BCUT2D eigenvalue weighted by Crippen LogP contribution is -2.04. The van der Waals surface area contributed by atoms with E-state index in [0.717, 1.165) is 17.5 Å². The standard InChI is InChI=1S/C10H11ClIN/c11-8-3-4-9(12)10(5-8)13-6-7-1-2-7/h3-5,7,13H,1-2,6H2. The van der Waals surface area contributed by atoms with Crippen LogP contribution in [0.25, 0.3) is 0 Å². The van der Waals surface area contributed by atoms with Gasteiger partial charge in [-0.25, -0.2) is 0 Å². The van der Waals surface area contributed by atoms with Gasteiger partial charge in [-0.05, 0) is 59.5 Å². The number of rotatable bonds is 3. The summed E-state index contributed by atoms with van der Waals surface area (Å²) in [6.07, 6.45) is 2.76. The first-order valence-electron chi connectivity index (χ1n) is 4.44. The van der Waals surface area contributed by atoms with Gasteiger partial charge >= 0.3 is 0 Å². The van der Waals surface area contributed by atoms with Gasteiger partial charge in [0.15, 0.2) is 0 Å². The van der Waals surface area contributed by atoms with Gasteiger partial charge in [-0.15, -0.1) is 0 Å². The molecule has 0 spiro atoms. The van der Waals surface area contributed by atoms with Crippen LogP contribution in [-0.2, 0) is 0 Å². The number of hydrogen-bond donors (Lipinski definition) is 1. The molecule has 1 nitrogen and oxygen atoms in total. The molecule has 1 saturated carbocycles. The molecule has 0 aliphatic heterocycles. The van der Waals surface area contributed by atoms with E-state index in [-0.39, 0.29) is 0 Å². The van der Waals surface area contributed by atoms with E-state index in [9.17, 15) is 0 Å². The Bertz CT molecular complexity index is 310. The highest BCUT2D eigenvalue weighted by Crippen LogP contribution is 2.30. The lowest BCUT2D eigenvalue weighted by Gasteiger charge is -2.07. The second-order valence-electron chi connectivity index (χ2n) is 3.45. The third-order valence-corrected chi connectivity index (χ3v) is 3.38. The van der Waals surface area contributed by atoms with Crippen molar-refractivity contribution in [2.45, 2.75) is 12.8 Å². The molecule has 0 radical (unpaired) electrons. The van der Waals surface area contributed by atoms with Gasteiger partial charge in [0.25, 0.3) is 0 Å². The Morgan fingerprint density at radius 3 is 2.92 bits per heavy atom.